The van der Waals surface area contributed by atoms with Crippen LogP contribution in [0.5, 0.6) is 0 Å². The lowest BCUT2D eigenvalue weighted by atomic mass is 10.2. The average Bonchev–Trinajstić information content (AvgIpc) is 3.09. The lowest BCUT2D eigenvalue weighted by molar-refractivity contribution is 0.0695. The Balaban J connectivity index is 1.59. The number of hydrogen-bond acceptors (Lipinski definition) is 4. The van der Waals surface area contributed by atoms with Crippen LogP contribution in [0.3, 0.4) is 0 Å². The fourth-order valence-electron chi connectivity index (χ4n) is 3.41. The zero-order valence-corrected chi connectivity index (χ0v) is 12.0. The van der Waals surface area contributed by atoms with E-state index in [0.29, 0.717) is 11.8 Å². The van der Waals surface area contributed by atoms with Gasteiger partial charge in [-0.25, -0.2) is 4.79 Å². The summed E-state index contributed by atoms with van der Waals surface area (Å²) < 4.78 is 5.56. The number of aromatic carboxylic acids is 1. The molecular formula is C15H22N2O3. The summed E-state index contributed by atoms with van der Waals surface area (Å²) in [5, 5.41) is 9.05. The van der Waals surface area contributed by atoms with E-state index >= 15 is 0 Å². The van der Waals surface area contributed by atoms with Crippen LogP contribution in [0.1, 0.15) is 41.1 Å². The number of likely N-dealkylation sites (tertiary alicyclic amines) is 2. The van der Waals surface area contributed by atoms with Gasteiger partial charge < -0.3 is 9.52 Å². The van der Waals surface area contributed by atoms with Gasteiger partial charge >= 0.3 is 5.97 Å². The fourth-order valence-corrected chi connectivity index (χ4v) is 3.41. The van der Waals surface area contributed by atoms with Crippen LogP contribution in [-0.4, -0.2) is 53.1 Å². The number of aryl methyl sites for hydroxylation is 1. The quantitative estimate of drug-likeness (QED) is 0.912. The molecule has 20 heavy (non-hydrogen) atoms. The largest absolute Gasteiger partial charge is 0.478 e. The van der Waals surface area contributed by atoms with E-state index in [1.807, 2.05) is 0 Å². The third-order valence-electron chi connectivity index (χ3n) is 4.48. The van der Waals surface area contributed by atoms with Crippen LogP contribution < -0.4 is 0 Å². The molecule has 3 heterocycles. The van der Waals surface area contributed by atoms with E-state index in [1.165, 1.54) is 32.4 Å². The second-order valence-corrected chi connectivity index (χ2v) is 5.91. The Kier molecular flexibility index (Phi) is 3.81. The van der Waals surface area contributed by atoms with E-state index in [0.717, 1.165) is 25.4 Å². The van der Waals surface area contributed by atoms with Crippen LogP contribution in [-0.2, 0) is 6.54 Å². The van der Waals surface area contributed by atoms with Crippen LogP contribution in [0.4, 0.5) is 0 Å². The van der Waals surface area contributed by atoms with Gasteiger partial charge in [0.2, 0.25) is 0 Å². The Hall–Kier alpha value is -1.33. The average molecular weight is 278 g/mol. The molecule has 1 aromatic rings. The number of carboxylic acids is 1. The summed E-state index contributed by atoms with van der Waals surface area (Å²) in [5.41, 5.74) is 0.287. The molecular weight excluding hydrogens is 256 g/mol. The van der Waals surface area contributed by atoms with Gasteiger partial charge in [-0.05, 0) is 45.3 Å². The molecule has 0 aliphatic carbocycles. The molecule has 1 N–H and O–H groups in total. The van der Waals surface area contributed by atoms with E-state index in [-0.39, 0.29) is 5.56 Å². The zero-order valence-electron chi connectivity index (χ0n) is 12.0. The normalized spacial score (nSPS) is 24.6. The molecule has 2 aliphatic rings. The summed E-state index contributed by atoms with van der Waals surface area (Å²) in [5.74, 6) is 0.360. The number of carboxylic acid groups (broad SMARTS) is 1. The maximum absolute atomic E-state index is 11.0. The van der Waals surface area contributed by atoms with Crippen molar-refractivity contribution in [3.05, 3.63) is 23.2 Å². The Bertz CT molecular complexity index is 491. The summed E-state index contributed by atoms with van der Waals surface area (Å²) in [4.78, 5) is 16.0. The fraction of sp³-hybridized carbons (Fsp3) is 0.667. The Morgan fingerprint density at radius 3 is 2.80 bits per heavy atom. The third-order valence-corrected chi connectivity index (χ3v) is 4.48. The van der Waals surface area contributed by atoms with Gasteiger partial charge in [0, 0.05) is 19.1 Å². The highest BCUT2D eigenvalue weighted by Crippen LogP contribution is 2.23. The van der Waals surface area contributed by atoms with Gasteiger partial charge in [0.25, 0.3) is 0 Å². The molecule has 0 radical (unpaired) electrons. The number of nitrogens with zero attached hydrogens (tertiary/aromatic N) is 2. The van der Waals surface area contributed by atoms with Crippen molar-refractivity contribution in [1.29, 1.82) is 0 Å². The number of hydrogen-bond donors (Lipinski definition) is 1. The zero-order chi connectivity index (χ0) is 14.1. The molecule has 5 nitrogen and oxygen atoms in total. The maximum Gasteiger partial charge on any atom is 0.339 e. The topological polar surface area (TPSA) is 56.9 Å². The third kappa shape index (κ3) is 2.74. The van der Waals surface area contributed by atoms with E-state index in [1.54, 1.807) is 13.0 Å². The van der Waals surface area contributed by atoms with Gasteiger partial charge in [0.05, 0.1) is 6.54 Å². The molecule has 0 amide bonds. The summed E-state index contributed by atoms with van der Waals surface area (Å²) >= 11 is 0. The monoisotopic (exact) mass is 278 g/mol. The highest BCUT2D eigenvalue weighted by Gasteiger charge is 2.29. The first kappa shape index (κ1) is 13.6. The van der Waals surface area contributed by atoms with Crippen molar-refractivity contribution in [2.45, 2.75) is 38.8 Å². The van der Waals surface area contributed by atoms with Gasteiger partial charge in [0.15, 0.2) is 0 Å². The van der Waals surface area contributed by atoms with E-state index in [2.05, 4.69) is 9.80 Å². The van der Waals surface area contributed by atoms with Crippen molar-refractivity contribution in [1.82, 2.24) is 9.80 Å². The second kappa shape index (κ2) is 5.58. The first-order chi connectivity index (χ1) is 9.63. The first-order valence-electron chi connectivity index (χ1n) is 7.42. The second-order valence-electron chi connectivity index (χ2n) is 5.91. The molecule has 0 spiro atoms. The van der Waals surface area contributed by atoms with Gasteiger partial charge in [-0.2, -0.15) is 0 Å². The molecule has 1 atom stereocenters. The van der Waals surface area contributed by atoms with E-state index in [9.17, 15) is 4.79 Å². The molecule has 2 saturated heterocycles. The van der Waals surface area contributed by atoms with Crippen LogP contribution >= 0.6 is 0 Å². The Labute approximate surface area is 119 Å². The summed E-state index contributed by atoms with van der Waals surface area (Å²) in [6.45, 7) is 7.05. The molecule has 1 aromatic heterocycles. The van der Waals surface area contributed by atoms with Gasteiger partial charge in [-0.15, -0.1) is 0 Å². The molecule has 0 bridgehead atoms. The van der Waals surface area contributed by atoms with Gasteiger partial charge in [0.1, 0.15) is 17.1 Å². The molecule has 2 aliphatic heterocycles. The highest BCUT2D eigenvalue weighted by molar-refractivity contribution is 5.88. The van der Waals surface area contributed by atoms with Crippen molar-refractivity contribution in [3.63, 3.8) is 0 Å². The smallest absolute Gasteiger partial charge is 0.339 e. The van der Waals surface area contributed by atoms with Crippen LogP contribution in [0.25, 0.3) is 0 Å². The molecule has 5 heteroatoms. The predicted octanol–water partition coefficient (Wildman–Crippen LogP) is 1.96. The van der Waals surface area contributed by atoms with Gasteiger partial charge in [-0.3, -0.25) is 9.80 Å². The minimum atomic E-state index is -0.908. The molecule has 2 fully saturated rings. The van der Waals surface area contributed by atoms with Crippen LogP contribution in [0.2, 0.25) is 0 Å². The minimum Gasteiger partial charge on any atom is -0.478 e. The lowest BCUT2D eigenvalue weighted by Crippen LogP contribution is -2.35. The van der Waals surface area contributed by atoms with Gasteiger partial charge in [-0.1, -0.05) is 0 Å². The molecule has 1 unspecified atom stereocenters. The number of carbonyl (C=O) groups is 1. The first-order valence-corrected chi connectivity index (χ1v) is 7.42. The molecule has 0 aromatic carbocycles. The Morgan fingerprint density at radius 2 is 2.15 bits per heavy atom. The van der Waals surface area contributed by atoms with E-state index in [4.69, 9.17) is 9.52 Å². The number of furan rings is 1. The van der Waals surface area contributed by atoms with Crippen molar-refractivity contribution < 1.29 is 14.3 Å². The number of rotatable bonds is 4. The molecule has 0 saturated carbocycles. The molecule has 3 rings (SSSR count). The van der Waals surface area contributed by atoms with E-state index < -0.39 is 5.97 Å². The maximum atomic E-state index is 11.0. The molecule has 110 valence electrons. The van der Waals surface area contributed by atoms with Crippen molar-refractivity contribution >= 4 is 5.97 Å². The highest BCUT2D eigenvalue weighted by atomic mass is 16.4. The van der Waals surface area contributed by atoms with Crippen molar-refractivity contribution in [2.75, 3.05) is 26.2 Å². The summed E-state index contributed by atoms with van der Waals surface area (Å²) in [6, 6.07) is 2.34. The Morgan fingerprint density at radius 1 is 1.40 bits per heavy atom. The lowest BCUT2D eigenvalue weighted by Gasteiger charge is -2.23. The summed E-state index contributed by atoms with van der Waals surface area (Å²) in [7, 11) is 0. The van der Waals surface area contributed by atoms with Crippen LogP contribution in [0.15, 0.2) is 10.5 Å². The predicted molar refractivity (Wildman–Crippen MR) is 74.9 cm³/mol. The van der Waals surface area contributed by atoms with Crippen LogP contribution in [0, 0.1) is 6.92 Å². The van der Waals surface area contributed by atoms with Crippen molar-refractivity contribution in [3.8, 4) is 0 Å². The minimum absolute atomic E-state index is 0.287. The van der Waals surface area contributed by atoms with Crippen molar-refractivity contribution in [2.24, 2.45) is 0 Å². The SMILES string of the molecule is Cc1oc(CN2CCC(N3CCCC3)C2)cc1C(=O)O. The standard InChI is InChI=1S/C15H22N2O3/c1-11-14(15(18)19)8-13(20-11)10-16-7-4-12(9-16)17-5-2-3-6-17/h8,12H,2-7,9-10H2,1H3,(H,18,19). The summed E-state index contributed by atoms with van der Waals surface area (Å²) in [6.07, 6.45) is 3.87.